The molecule has 0 bridgehead atoms. The molecule has 0 aliphatic carbocycles. The van der Waals surface area contributed by atoms with Crippen LogP contribution in [0.25, 0.3) is 10.6 Å². The zero-order chi connectivity index (χ0) is 18.0. The molecule has 4 nitrogen and oxygen atoms in total. The van der Waals surface area contributed by atoms with Gasteiger partial charge in [0.1, 0.15) is 9.88 Å². The molecule has 134 valence electrons. The number of thiazole rings is 1. The van der Waals surface area contributed by atoms with Crippen molar-refractivity contribution in [3.8, 4) is 10.6 Å². The summed E-state index contributed by atoms with van der Waals surface area (Å²) in [5.41, 5.74) is 4.42. The van der Waals surface area contributed by atoms with Crippen molar-refractivity contribution in [3.05, 3.63) is 39.9 Å². The van der Waals surface area contributed by atoms with Crippen LogP contribution in [-0.2, 0) is 0 Å². The highest BCUT2D eigenvalue weighted by molar-refractivity contribution is 7.17. The van der Waals surface area contributed by atoms with E-state index in [1.54, 1.807) is 0 Å². The molecule has 1 unspecified atom stereocenters. The number of rotatable bonds is 5. The van der Waals surface area contributed by atoms with Gasteiger partial charge >= 0.3 is 0 Å². The third-order valence-electron chi connectivity index (χ3n) is 5.19. The normalized spacial score (nSPS) is 17.8. The summed E-state index contributed by atoms with van der Waals surface area (Å²) < 4.78 is 0. The predicted octanol–water partition coefficient (Wildman–Crippen LogP) is 3.95. The fourth-order valence-electron chi connectivity index (χ4n) is 3.38. The Morgan fingerprint density at radius 1 is 1.32 bits per heavy atom. The summed E-state index contributed by atoms with van der Waals surface area (Å²) in [5.74, 6) is 0.00531. The van der Waals surface area contributed by atoms with Gasteiger partial charge in [0.05, 0.1) is 5.69 Å². The van der Waals surface area contributed by atoms with Crippen LogP contribution in [0.5, 0.6) is 0 Å². The molecule has 1 aromatic heterocycles. The molecule has 1 amide bonds. The third kappa shape index (κ3) is 4.10. The van der Waals surface area contributed by atoms with Gasteiger partial charge in [-0.1, -0.05) is 12.1 Å². The second-order valence-electron chi connectivity index (χ2n) is 7.05. The van der Waals surface area contributed by atoms with Crippen molar-refractivity contribution in [2.24, 2.45) is 0 Å². The number of amides is 1. The molecule has 5 heteroatoms. The van der Waals surface area contributed by atoms with Crippen molar-refractivity contribution >= 4 is 17.2 Å². The monoisotopic (exact) mass is 357 g/mol. The van der Waals surface area contributed by atoms with Crippen LogP contribution in [0, 0.1) is 20.8 Å². The zero-order valence-corrected chi connectivity index (χ0v) is 16.4. The second-order valence-corrected chi connectivity index (χ2v) is 8.05. The molecule has 1 aliphatic rings. The van der Waals surface area contributed by atoms with E-state index in [1.807, 2.05) is 6.92 Å². The molecule has 25 heavy (non-hydrogen) atoms. The molecule has 1 saturated heterocycles. The van der Waals surface area contributed by atoms with Crippen LogP contribution < -0.4 is 5.32 Å². The van der Waals surface area contributed by atoms with E-state index in [0.29, 0.717) is 6.04 Å². The number of carbonyl (C=O) groups is 1. The summed E-state index contributed by atoms with van der Waals surface area (Å²) in [7, 11) is 2.17. The lowest BCUT2D eigenvalue weighted by molar-refractivity contribution is 0.0953. The van der Waals surface area contributed by atoms with E-state index >= 15 is 0 Å². The van der Waals surface area contributed by atoms with Gasteiger partial charge in [-0.2, -0.15) is 0 Å². The summed E-state index contributed by atoms with van der Waals surface area (Å²) in [5, 5.41) is 4.00. The van der Waals surface area contributed by atoms with Gasteiger partial charge < -0.3 is 10.2 Å². The topological polar surface area (TPSA) is 45.2 Å². The number of nitrogens with one attached hydrogen (secondary N) is 1. The quantitative estimate of drug-likeness (QED) is 0.881. The first-order chi connectivity index (χ1) is 12.0. The van der Waals surface area contributed by atoms with Crippen molar-refractivity contribution in [2.45, 2.75) is 46.1 Å². The van der Waals surface area contributed by atoms with Crippen LogP contribution >= 0.6 is 11.3 Å². The standard InChI is InChI=1S/C20H27N3OS/c1-13-7-8-16(12-14(13)2)20-22-15(3)18(25-20)19(24)21-10-9-17-6-5-11-23(17)4/h7-8,12,17H,5-6,9-11H2,1-4H3,(H,21,24). The Bertz CT molecular complexity index is 768. The summed E-state index contributed by atoms with van der Waals surface area (Å²) >= 11 is 1.48. The molecule has 2 heterocycles. The van der Waals surface area contributed by atoms with Crippen LogP contribution in [0.2, 0.25) is 0 Å². The highest BCUT2D eigenvalue weighted by Crippen LogP contribution is 2.29. The lowest BCUT2D eigenvalue weighted by atomic mass is 10.1. The van der Waals surface area contributed by atoms with Crippen molar-refractivity contribution in [3.63, 3.8) is 0 Å². The average Bonchev–Trinajstić information content (AvgIpc) is 3.16. The Morgan fingerprint density at radius 2 is 2.12 bits per heavy atom. The van der Waals surface area contributed by atoms with Gasteiger partial charge in [0, 0.05) is 18.2 Å². The van der Waals surface area contributed by atoms with Crippen LogP contribution in [-0.4, -0.2) is 42.0 Å². The Morgan fingerprint density at radius 3 is 2.80 bits per heavy atom. The highest BCUT2D eigenvalue weighted by atomic mass is 32.1. The number of nitrogens with zero attached hydrogens (tertiary/aromatic N) is 2. The van der Waals surface area contributed by atoms with E-state index in [4.69, 9.17) is 0 Å². The SMILES string of the molecule is Cc1ccc(-c2nc(C)c(C(=O)NCCC3CCCN3C)s2)cc1C. The van der Waals surface area contributed by atoms with Crippen LogP contribution in [0.15, 0.2) is 18.2 Å². The second kappa shape index (κ2) is 7.67. The molecule has 1 aromatic carbocycles. The molecule has 2 aromatic rings. The number of likely N-dealkylation sites (tertiary alicyclic amines) is 1. The first-order valence-electron chi connectivity index (χ1n) is 8.99. The van der Waals surface area contributed by atoms with Crippen molar-refractivity contribution in [2.75, 3.05) is 20.1 Å². The van der Waals surface area contributed by atoms with Crippen molar-refractivity contribution < 1.29 is 4.79 Å². The van der Waals surface area contributed by atoms with Gasteiger partial charge in [0.15, 0.2) is 0 Å². The summed E-state index contributed by atoms with van der Waals surface area (Å²) in [6, 6.07) is 6.94. The first kappa shape index (κ1) is 18.1. The number of hydrogen-bond acceptors (Lipinski definition) is 4. The fraction of sp³-hybridized carbons (Fsp3) is 0.500. The molecular weight excluding hydrogens is 330 g/mol. The first-order valence-corrected chi connectivity index (χ1v) is 9.81. The molecule has 1 N–H and O–H groups in total. The largest absolute Gasteiger partial charge is 0.351 e. The minimum atomic E-state index is 0.00531. The maximum Gasteiger partial charge on any atom is 0.263 e. The summed E-state index contributed by atoms with van der Waals surface area (Å²) in [4.78, 5) is 20.3. The molecule has 3 rings (SSSR count). The minimum Gasteiger partial charge on any atom is -0.351 e. The van der Waals surface area contributed by atoms with Crippen LogP contribution in [0.4, 0.5) is 0 Å². The van der Waals surface area contributed by atoms with Crippen LogP contribution in [0.1, 0.15) is 45.8 Å². The van der Waals surface area contributed by atoms with Gasteiger partial charge in [0.25, 0.3) is 5.91 Å². The van der Waals surface area contributed by atoms with E-state index in [-0.39, 0.29) is 5.91 Å². The Labute approximate surface area is 154 Å². The minimum absolute atomic E-state index is 0.00531. The van der Waals surface area contributed by atoms with Gasteiger partial charge in [-0.25, -0.2) is 4.98 Å². The molecule has 1 aliphatic heterocycles. The fourth-order valence-corrected chi connectivity index (χ4v) is 4.36. The lowest BCUT2D eigenvalue weighted by Gasteiger charge is -2.19. The highest BCUT2D eigenvalue weighted by Gasteiger charge is 2.21. The van der Waals surface area contributed by atoms with E-state index < -0.39 is 0 Å². The van der Waals surface area contributed by atoms with Gasteiger partial charge in [-0.05, 0) is 70.8 Å². The van der Waals surface area contributed by atoms with Gasteiger partial charge in [-0.15, -0.1) is 11.3 Å². The number of aromatic nitrogens is 1. The Balaban J connectivity index is 1.65. The summed E-state index contributed by atoms with van der Waals surface area (Å²) in [6.45, 7) is 8.02. The summed E-state index contributed by atoms with van der Waals surface area (Å²) in [6.07, 6.45) is 3.52. The number of aryl methyl sites for hydroxylation is 3. The maximum atomic E-state index is 12.5. The lowest BCUT2D eigenvalue weighted by Crippen LogP contribution is -2.31. The van der Waals surface area contributed by atoms with E-state index in [1.165, 1.54) is 41.9 Å². The molecular formula is C20H27N3OS. The number of benzene rings is 1. The third-order valence-corrected chi connectivity index (χ3v) is 6.40. The Hall–Kier alpha value is -1.72. The zero-order valence-electron chi connectivity index (χ0n) is 15.6. The number of hydrogen-bond donors (Lipinski definition) is 1. The average molecular weight is 358 g/mol. The van der Waals surface area contributed by atoms with E-state index in [9.17, 15) is 4.79 Å². The molecule has 1 fully saturated rings. The van der Waals surface area contributed by atoms with Gasteiger partial charge in [0.2, 0.25) is 0 Å². The van der Waals surface area contributed by atoms with E-state index in [0.717, 1.165) is 34.1 Å². The smallest absolute Gasteiger partial charge is 0.263 e. The van der Waals surface area contributed by atoms with Crippen molar-refractivity contribution in [1.82, 2.24) is 15.2 Å². The van der Waals surface area contributed by atoms with Crippen molar-refractivity contribution in [1.29, 1.82) is 0 Å². The molecule has 0 saturated carbocycles. The van der Waals surface area contributed by atoms with Gasteiger partial charge in [-0.3, -0.25) is 4.79 Å². The number of carbonyl (C=O) groups excluding carboxylic acids is 1. The molecule has 0 radical (unpaired) electrons. The Kier molecular flexibility index (Phi) is 5.54. The molecule has 0 spiro atoms. The molecule has 1 atom stereocenters. The predicted molar refractivity (Wildman–Crippen MR) is 104 cm³/mol. The van der Waals surface area contributed by atoms with E-state index in [2.05, 4.69) is 54.3 Å². The van der Waals surface area contributed by atoms with Crippen LogP contribution in [0.3, 0.4) is 0 Å². The maximum absolute atomic E-state index is 12.5.